The summed E-state index contributed by atoms with van der Waals surface area (Å²) in [6.07, 6.45) is 0. The van der Waals surface area contributed by atoms with E-state index in [9.17, 15) is 9.59 Å². The topological polar surface area (TPSA) is 52.2 Å². The van der Waals surface area contributed by atoms with Gasteiger partial charge in [-0.25, -0.2) is 0 Å². The van der Waals surface area contributed by atoms with Crippen molar-refractivity contribution in [2.45, 2.75) is 6.54 Å². The van der Waals surface area contributed by atoms with Crippen LogP contribution in [0.2, 0.25) is 0 Å². The van der Waals surface area contributed by atoms with Crippen LogP contribution in [0.15, 0.2) is 81.7 Å². The summed E-state index contributed by atoms with van der Waals surface area (Å²) in [4.78, 5) is 26.5. The molecule has 2 heterocycles. The van der Waals surface area contributed by atoms with Crippen LogP contribution < -0.4 is 0 Å². The first kappa shape index (κ1) is 17.4. The molecule has 1 aliphatic carbocycles. The van der Waals surface area contributed by atoms with E-state index >= 15 is 0 Å². The molecule has 0 amide bonds. The summed E-state index contributed by atoms with van der Waals surface area (Å²) in [6, 6.07) is 22.9. The number of nitrogens with zero attached hydrogens (tertiary/aromatic N) is 1. The predicted molar refractivity (Wildman–Crippen MR) is 118 cm³/mol. The van der Waals surface area contributed by atoms with Gasteiger partial charge in [0.2, 0.25) is 11.5 Å². The van der Waals surface area contributed by atoms with Crippen molar-refractivity contribution >= 4 is 49.5 Å². The van der Waals surface area contributed by atoms with Crippen molar-refractivity contribution in [3.8, 4) is 0 Å². The number of hydrogen-bond acceptors (Lipinski definition) is 3. The maximum Gasteiger partial charge on any atom is 0.229 e. The second-order valence-corrected chi connectivity index (χ2v) is 8.34. The Kier molecular flexibility index (Phi) is 3.65. The maximum atomic E-state index is 13.4. The van der Waals surface area contributed by atoms with Crippen LogP contribution in [-0.2, 0) is 6.54 Å². The van der Waals surface area contributed by atoms with Gasteiger partial charge in [0.1, 0.15) is 0 Å². The number of carbonyl (C=O) groups excluding carboxylic acids is 2. The van der Waals surface area contributed by atoms with Crippen LogP contribution in [0.25, 0.3) is 22.0 Å². The third-order valence-electron chi connectivity index (χ3n) is 5.69. The summed E-state index contributed by atoms with van der Waals surface area (Å²) in [7, 11) is 0. The van der Waals surface area contributed by atoms with E-state index in [1.165, 1.54) is 0 Å². The van der Waals surface area contributed by atoms with Crippen molar-refractivity contribution in [1.29, 1.82) is 0 Å². The van der Waals surface area contributed by atoms with Crippen molar-refractivity contribution in [3.05, 3.63) is 105 Å². The summed E-state index contributed by atoms with van der Waals surface area (Å²) in [5.74, 6) is -0.282. The van der Waals surface area contributed by atoms with Crippen LogP contribution in [0.4, 0.5) is 0 Å². The molecule has 0 aliphatic heterocycles. The van der Waals surface area contributed by atoms with Crippen LogP contribution in [0.3, 0.4) is 0 Å². The highest BCUT2D eigenvalue weighted by molar-refractivity contribution is 9.10. The van der Waals surface area contributed by atoms with Gasteiger partial charge in [-0.2, -0.15) is 0 Å². The molecule has 0 fully saturated rings. The lowest BCUT2D eigenvalue weighted by molar-refractivity contribution is 0.0962. The smallest absolute Gasteiger partial charge is 0.229 e. The quantitative estimate of drug-likeness (QED) is 0.323. The minimum absolute atomic E-state index is 0.132. The highest BCUT2D eigenvalue weighted by Gasteiger charge is 2.37. The fourth-order valence-corrected chi connectivity index (χ4v) is 4.71. The van der Waals surface area contributed by atoms with E-state index in [1.54, 1.807) is 24.3 Å². The van der Waals surface area contributed by atoms with Gasteiger partial charge >= 0.3 is 0 Å². The highest BCUT2D eigenvalue weighted by Crippen LogP contribution is 2.41. The van der Waals surface area contributed by atoms with E-state index in [1.807, 2.05) is 53.1 Å². The predicted octanol–water partition coefficient (Wildman–Crippen LogP) is 5.97. The summed E-state index contributed by atoms with van der Waals surface area (Å²) in [6.45, 7) is 0.574. The highest BCUT2D eigenvalue weighted by atomic mass is 79.9. The van der Waals surface area contributed by atoms with E-state index in [4.69, 9.17) is 4.42 Å². The van der Waals surface area contributed by atoms with E-state index in [-0.39, 0.29) is 17.3 Å². The molecule has 4 nitrogen and oxygen atoms in total. The average Bonchev–Trinajstić information content (AvgIpc) is 3.29. The fraction of sp³-hybridized carbons (Fsp3) is 0.0400. The molecule has 2 aromatic heterocycles. The van der Waals surface area contributed by atoms with Gasteiger partial charge in [-0.1, -0.05) is 70.5 Å². The maximum absolute atomic E-state index is 13.4. The molecule has 0 unspecified atom stereocenters. The lowest BCUT2D eigenvalue weighted by Gasteiger charge is -2.13. The SMILES string of the molecule is O=C1c2ccccc2C(=O)c2c1oc1c2c2cc(Br)ccc2n1Cc1ccccc1. The number of aromatic nitrogens is 1. The molecule has 1 aliphatic rings. The van der Waals surface area contributed by atoms with E-state index in [0.29, 0.717) is 34.3 Å². The molecule has 144 valence electrons. The zero-order chi connectivity index (χ0) is 20.4. The standard InChI is InChI=1S/C25H14BrNO3/c26-15-10-11-19-18(12-15)20-21-22(28)16-8-4-5-9-17(16)23(29)24(21)30-25(20)27(19)13-14-6-2-1-3-7-14/h1-12H,13H2. The summed E-state index contributed by atoms with van der Waals surface area (Å²) in [5.41, 5.74) is 3.80. The lowest BCUT2D eigenvalue weighted by Crippen LogP contribution is -2.19. The zero-order valence-corrected chi connectivity index (χ0v) is 17.3. The molecule has 6 rings (SSSR count). The Morgan fingerprint density at radius 1 is 0.833 bits per heavy atom. The monoisotopic (exact) mass is 455 g/mol. The van der Waals surface area contributed by atoms with Gasteiger partial charge in [0, 0.05) is 21.0 Å². The van der Waals surface area contributed by atoms with Gasteiger partial charge in [0.25, 0.3) is 0 Å². The van der Waals surface area contributed by atoms with Crippen LogP contribution in [0.1, 0.15) is 37.6 Å². The molecular weight excluding hydrogens is 442 g/mol. The van der Waals surface area contributed by atoms with Gasteiger partial charge in [-0.3, -0.25) is 9.59 Å². The third kappa shape index (κ3) is 2.33. The molecule has 0 saturated carbocycles. The summed E-state index contributed by atoms with van der Waals surface area (Å²) in [5, 5.41) is 1.59. The van der Waals surface area contributed by atoms with E-state index in [2.05, 4.69) is 15.9 Å². The first-order chi connectivity index (χ1) is 14.6. The van der Waals surface area contributed by atoms with Crippen LogP contribution >= 0.6 is 15.9 Å². The summed E-state index contributed by atoms with van der Waals surface area (Å²) >= 11 is 3.54. The fourth-order valence-electron chi connectivity index (χ4n) is 4.35. The molecule has 0 bridgehead atoms. The molecular formula is C25H14BrNO3. The number of furan rings is 1. The van der Waals surface area contributed by atoms with Gasteiger partial charge in [-0.15, -0.1) is 0 Å². The Bertz CT molecular complexity index is 1510. The van der Waals surface area contributed by atoms with Crippen molar-refractivity contribution in [3.63, 3.8) is 0 Å². The van der Waals surface area contributed by atoms with Crippen molar-refractivity contribution in [1.82, 2.24) is 4.57 Å². The molecule has 0 N–H and O–H groups in total. The number of ketones is 2. The molecule has 0 saturated heterocycles. The number of carbonyl (C=O) groups is 2. The molecule has 5 heteroatoms. The Morgan fingerprint density at radius 2 is 1.53 bits per heavy atom. The Labute approximate surface area is 179 Å². The molecule has 30 heavy (non-hydrogen) atoms. The first-order valence-corrected chi connectivity index (χ1v) is 10.4. The van der Waals surface area contributed by atoms with E-state index < -0.39 is 0 Å². The number of hydrogen-bond donors (Lipinski definition) is 0. The Balaban J connectivity index is 1.70. The third-order valence-corrected chi connectivity index (χ3v) is 6.18. The zero-order valence-electron chi connectivity index (χ0n) is 15.7. The Hall–Kier alpha value is -3.44. The van der Waals surface area contributed by atoms with Gasteiger partial charge in [-0.05, 0) is 23.8 Å². The normalized spacial score (nSPS) is 13.1. The molecule has 0 atom stereocenters. The average molecular weight is 456 g/mol. The number of halogens is 1. The minimum atomic E-state index is -0.245. The number of rotatable bonds is 2. The second-order valence-electron chi connectivity index (χ2n) is 7.42. The van der Waals surface area contributed by atoms with Crippen LogP contribution in [0.5, 0.6) is 0 Å². The number of benzene rings is 3. The molecule has 0 radical (unpaired) electrons. The van der Waals surface area contributed by atoms with E-state index in [0.717, 1.165) is 20.9 Å². The Morgan fingerprint density at radius 3 is 2.30 bits per heavy atom. The first-order valence-electron chi connectivity index (χ1n) is 9.60. The van der Waals surface area contributed by atoms with Crippen LogP contribution in [-0.4, -0.2) is 16.1 Å². The van der Waals surface area contributed by atoms with Crippen molar-refractivity contribution in [2.75, 3.05) is 0 Å². The molecule has 5 aromatic rings. The van der Waals surface area contributed by atoms with Crippen LogP contribution in [0, 0.1) is 0 Å². The second kappa shape index (κ2) is 6.28. The minimum Gasteiger partial charge on any atom is -0.435 e. The van der Waals surface area contributed by atoms with Crippen molar-refractivity contribution in [2.24, 2.45) is 0 Å². The van der Waals surface area contributed by atoms with Gasteiger partial charge < -0.3 is 8.98 Å². The largest absolute Gasteiger partial charge is 0.435 e. The molecule has 0 spiro atoms. The molecule has 3 aromatic carbocycles. The van der Waals surface area contributed by atoms with Gasteiger partial charge in [0.15, 0.2) is 11.5 Å². The summed E-state index contributed by atoms with van der Waals surface area (Å²) < 4.78 is 9.07. The number of fused-ring (bicyclic) bond motifs is 6. The van der Waals surface area contributed by atoms with Gasteiger partial charge in [0.05, 0.1) is 23.0 Å². The lowest BCUT2D eigenvalue weighted by atomic mass is 9.87. The van der Waals surface area contributed by atoms with Crippen molar-refractivity contribution < 1.29 is 14.0 Å².